The van der Waals surface area contributed by atoms with Crippen molar-refractivity contribution >= 4 is 16.4 Å². The molecular formula is C44H84O12S. The van der Waals surface area contributed by atoms with Crippen molar-refractivity contribution in [1.29, 1.82) is 0 Å². The molecule has 12 nitrogen and oxygen atoms in total. The topological polar surface area (TPSA) is 178 Å². The molecule has 1 fully saturated rings. The molecule has 1 heterocycles. The van der Waals surface area contributed by atoms with Gasteiger partial charge in [0.25, 0.3) is 0 Å². The molecule has 1 saturated heterocycles. The molecule has 0 aliphatic carbocycles. The van der Waals surface area contributed by atoms with Gasteiger partial charge in [-0.25, -0.2) is 4.18 Å². The molecule has 0 aromatic heterocycles. The standard InChI is InChI=1S/C44H84O12S/c1-3-5-7-9-11-13-15-16-17-18-19-20-21-22-23-24-26-28-30-32-34-52-36-38(54-40(46)33-31-29-27-25-14-12-10-8-6-4-2)37-53-44-42(48)43(56-57(49,50)51)41(47)39(35-45)55-44/h16-17,38-39,41-45,47-48H,3-15,18-37H2,1-2H3,(H,49,50,51)/b17-16-. The zero-order valence-corrected chi connectivity index (χ0v) is 36.7. The van der Waals surface area contributed by atoms with Gasteiger partial charge in [0.1, 0.15) is 30.5 Å². The molecule has 6 atom stereocenters. The van der Waals surface area contributed by atoms with Crippen molar-refractivity contribution in [3.63, 3.8) is 0 Å². The second kappa shape index (κ2) is 36.7. The molecule has 0 saturated carbocycles. The van der Waals surface area contributed by atoms with Crippen molar-refractivity contribution in [2.75, 3.05) is 26.4 Å². The van der Waals surface area contributed by atoms with Crippen LogP contribution in [0.4, 0.5) is 0 Å². The van der Waals surface area contributed by atoms with Gasteiger partial charge in [-0.05, 0) is 38.5 Å². The maximum absolute atomic E-state index is 12.8. The van der Waals surface area contributed by atoms with E-state index in [9.17, 15) is 28.5 Å². The molecule has 1 rings (SSSR count). The predicted octanol–water partition coefficient (Wildman–Crippen LogP) is 9.47. The third kappa shape index (κ3) is 30.5. The van der Waals surface area contributed by atoms with Crippen LogP contribution in [0.25, 0.3) is 0 Å². The minimum atomic E-state index is -5.06. The maximum Gasteiger partial charge on any atom is 0.397 e. The van der Waals surface area contributed by atoms with Crippen LogP contribution in [0.1, 0.15) is 200 Å². The maximum atomic E-state index is 12.8. The van der Waals surface area contributed by atoms with Crippen molar-refractivity contribution in [1.82, 2.24) is 0 Å². The molecule has 0 amide bonds. The van der Waals surface area contributed by atoms with Crippen molar-refractivity contribution in [2.45, 2.75) is 237 Å². The van der Waals surface area contributed by atoms with Crippen molar-refractivity contribution < 1.29 is 56.2 Å². The third-order valence-corrected chi connectivity index (χ3v) is 11.1. The molecule has 0 aromatic carbocycles. The van der Waals surface area contributed by atoms with Gasteiger partial charge >= 0.3 is 16.4 Å². The van der Waals surface area contributed by atoms with Crippen LogP contribution in [-0.4, -0.2) is 97.5 Å². The fourth-order valence-corrected chi connectivity index (χ4v) is 7.65. The predicted molar refractivity (Wildman–Crippen MR) is 225 cm³/mol. The Balaban J connectivity index is 2.36. The highest BCUT2D eigenvalue weighted by Gasteiger charge is 2.48. The quantitative estimate of drug-likeness (QED) is 0.0199. The summed E-state index contributed by atoms with van der Waals surface area (Å²) in [5.41, 5.74) is 0. The minimum absolute atomic E-state index is 0.0402. The molecule has 1 aliphatic heterocycles. The van der Waals surface area contributed by atoms with Crippen LogP contribution < -0.4 is 0 Å². The summed E-state index contributed by atoms with van der Waals surface area (Å²) in [6.07, 6.45) is 29.7. The SMILES string of the molecule is CCCCCCCC/C=C\CCCCCCCCCCCCOCC(COC1OC(CO)C(O)C(OS(=O)(=O)O)C1O)OC(=O)CCCCCCCCCCCC. The van der Waals surface area contributed by atoms with Crippen LogP contribution in [0, 0.1) is 0 Å². The molecule has 338 valence electrons. The summed E-state index contributed by atoms with van der Waals surface area (Å²) >= 11 is 0. The Labute approximate surface area is 347 Å². The number of aliphatic hydroxyl groups excluding tert-OH is 3. The average Bonchev–Trinajstić information content (AvgIpc) is 3.18. The average molecular weight is 837 g/mol. The van der Waals surface area contributed by atoms with E-state index in [1.165, 1.54) is 135 Å². The van der Waals surface area contributed by atoms with E-state index in [0.717, 1.165) is 38.5 Å². The second-order valence-corrected chi connectivity index (χ2v) is 17.0. The molecule has 0 spiro atoms. The zero-order valence-electron chi connectivity index (χ0n) is 35.9. The summed E-state index contributed by atoms with van der Waals surface area (Å²) in [5, 5.41) is 30.6. The third-order valence-electron chi connectivity index (χ3n) is 10.6. The van der Waals surface area contributed by atoms with Crippen LogP contribution >= 0.6 is 0 Å². The van der Waals surface area contributed by atoms with Gasteiger partial charge in [-0.15, -0.1) is 0 Å². The van der Waals surface area contributed by atoms with Crippen LogP contribution in [0.5, 0.6) is 0 Å². The first-order chi connectivity index (χ1) is 27.6. The smallest absolute Gasteiger partial charge is 0.397 e. The largest absolute Gasteiger partial charge is 0.457 e. The minimum Gasteiger partial charge on any atom is -0.457 e. The van der Waals surface area contributed by atoms with E-state index in [2.05, 4.69) is 30.2 Å². The number of carbonyl (C=O) groups is 1. The van der Waals surface area contributed by atoms with Crippen LogP contribution in [0.2, 0.25) is 0 Å². The van der Waals surface area contributed by atoms with Gasteiger partial charge in [-0.2, -0.15) is 8.42 Å². The van der Waals surface area contributed by atoms with Gasteiger partial charge < -0.3 is 34.3 Å². The molecular weight excluding hydrogens is 753 g/mol. The van der Waals surface area contributed by atoms with E-state index in [1.807, 2.05) is 0 Å². The Morgan fingerprint density at radius 3 is 1.58 bits per heavy atom. The lowest BCUT2D eigenvalue weighted by Crippen LogP contribution is -2.60. The van der Waals surface area contributed by atoms with Gasteiger partial charge in [-0.3, -0.25) is 9.35 Å². The lowest BCUT2D eigenvalue weighted by Gasteiger charge is -2.41. The normalized spacial score (nSPS) is 20.7. The molecule has 4 N–H and O–H groups in total. The summed E-state index contributed by atoms with van der Waals surface area (Å²) in [6, 6.07) is 0. The highest BCUT2D eigenvalue weighted by atomic mass is 32.3. The summed E-state index contributed by atoms with van der Waals surface area (Å²) < 4.78 is 59.0. The van der Waals surface area contributed by atoms with Gasteiger partial charge in [0.15, 0.2) is 6.29 Å². The second-order valence-electron chi connectivity index (χ2n) is 16.0. The van der Waals surface area contributed by atoms with Crippen molar-refractivity contribution in [3.8, 4) is 0 Å². The lowest BCUT2D eigenvalue weighted by atomic mass is 9.99. The Hall–Kier alpha value is -1.16. The van der Waals surface area contributed by atoms with E-state index < -0.39 is 59.8 Å². The molecule has 57 heavy (non-hydrogen) atoms. The number of hydrogen-bond donors (Lipinski definition) is 4. The monoisotopic (exact) mass is 837 g/mol. The zero-order chi connectivity index (χ0) is 41.8. The van der Waals surface area contributed by atoms with Gasteiger partial charge in [0.2, 0.25) is 0 Å². The summed E-state index contributed by atoms with van der Waals surface area (Å²) in [7, 11) is -5.06. The van der Waals surface area contributed by atoms with Crippen LogP contribution in [-0.2, 0) is 38.3 Å². The van der Waals surface area contributed by atoms with Crippen LogP contribution in [0.3, 0.4) is 0 Å². The fraction of sp³-hybridized carbons (Fsp3) is 0.932. The molecule has 0 radical (unpaired) electrons. The summed E-state index contributed by atoms with van der Waals surface area (Å²) in [5.74, 6) is -0.399. The van der Waals surface area contributed by atoms with Crippen molar-refractivity contribution in [2.24, 2.45) is 0 Å². The van der Waals surface area contributed by atoms with Gasteiger partial charge in [-0.1, -0.05) is 167 Å². The van der Waals surface area contributed by atoms with E-state index in [0.29, 0.717) is 13.0 Å². The first-order valence-electron chi connectivity index (χ1n) is 22.9. The van der Waals surface area contributed by atoms with Crippen LogP contribution in [0.15, 0.2) is 12.2 Å². The number of rotatable bonds is 40. The van der Waals surface area contributed by atoms with E-state index in [1.54, 1.807) is 0 Å². The lowest BCUT2D eigenvalue weighted by molar-refractivity contribution is -0.301. The van der Waals surface area contributed by atoms with E-state index in [-0.39, 0.29) is 19.6 Å². The number of unbranched alkanes of at least 4 members (excludes halogenated alkanes) is 25. The molecule has 0 aromatic rings. The number of allylic oxidation sites excluding steroid dienone is 2. The Morgan fingerprint density at radius 2 is 1.11 bits per heavy atom. The summed E-state index contributed by atoms with van der Waals surface area (Å²) in [4.78, 5) is 12.8. The fourth-order valence-electron chi connectivity index (χ4n) is 7.14. The summed E-state index contributed by atoms with van der Waals surface area (Å²) in [6.45, 7) is 3.98. The van der Waals surface area contributed by atoms with Gasteiger partial charge in [0, 0.05) is 13.0 Å². The highest BCUT2D eigenvalue weighted by Crippen LogP contribution is 2.26. The molecule has 13 heteroatoms. The Morgan fingerprint density at radius 1 is 0.649 bits per heavy atom. The van der Waals surface area contributed by atoms with Gasteiger partial charge in [0.05, 0.1) is 19.8 Å². The number of hydrogen-bond acceptors (Lipinski definition) is 11. The Bertz CT molecular complexity index is 1060. The number of aliphatic hydroxyl groups is 3. The Kier molecular flexibility index (Phi) is 34.6. The van der Waals surface area contributed by atoms with E-state index >= 15 is 0 Å². The molecule has 0 bridgehead atoms. The number of carbonyl (C=O) groups excluding carboxylic acids is 1. The van der Waals surface area contributed by atoms with Crippen molar-refractivity contribution in [3.05, 3.63) is 12.2 Å². The highest BCUT2D eigenvalue weighted by molar-refractivity contribution is 7.80. The first kappa shape index (κ1) is 53.9. The number of esters is 1. The molecule has 6 unspecified atom stereocenters. The first-order valence-corrected chi connectivity index (χ1v) is 24.3. The molecule has 1 aliphatic rings. The van der Waals surface area contributed by atoms with E-state index in [4.69, 9.17) is 23.5 Å². The number of ether oxygens (including phenoxy) is 4.